The van der Waals surface area contributed by atoms with E-state index in [4.69, 9.17) is 9.72 Å². The minimum Gasteiger partial charge on any atom is -0.378 e. The SMILES string of the molecule is CO[C@@H]1CN(c2ccnc(N(C)CCc3cnccn3)n2)C[C@@H]1N(C)C. The summed E-state index contributed by atoms with van der Waals surface area (Å²) in [7, 11) is 7.95. The molecule has 0 N–H and O–H groups in total. The number of hydrogen-bond acceptors (Lipinski definition) is 8. The van der Waals surface area contributed by atoms with Crippen molar-refractivity contribution in [2.45, 2.75) is 18.6 Å². The van der Waals surface area contributed by atoms with E-state index in [2.05, 4.69) is 38.8 Å². The Bertz CT molecular complexity index is 697. The Morgan fingerprint density at radius 1 is 1.15 bits per heavy atom. The molecule has 3 heterocycles. The summed E-state index contributed by atoms with van der Waals surface area (Å²) in [5.74, 6) is 1.65. The maximum Gasteiger partial charge on any atom is 0.227 e. The van der Waals surface area contributed by atoms with Crippen LogP contribution in [-0.4, -0.2) is 84.9 Å². The summed E-state index contributed by atoms with van der Waals surface area (Å²) in [6.07, 6.45) is 7.99. The van der Waals surface area contributed by atoms with Crippen molar-refractivity contribution in [1.29, 1.82) is 0 Å². The quantitative estimate of drug-likeness (QED) is 0.718. The Hall–Kier alpha value is -2.32. The van der Waals surface area contributed by atoms with Crippen LogP contribution in [-0.2, 0) is 11.2 Å². The standard InChI is InChI=1S/C18H27N7O/c1-23(2)15-12-25(13-16(15)26-4)17-5-7-21-18(22-17)24(3)10-6-14-11-19-8-9-20-14/h5,7-9,11,15-16H,6,10,12-13H2,1-4H3/t15-,16+/m0/s1. The van der Waals surface area contributed by atoms with E-state index in [1.165, 1.54) is 0 Å². The van der Waals surface area contributed by atoms with E-state index in [1.54, 1.807) is 25.7 Å². The third kappa shape index (κ3) is 4.25. The average molecular weight is 357 g/mol. The molecule has 8 nitrogen and oxygen atoms in total. The summed E-state index contributed by atoms with van der Waals surface area (Å²) in [4.78, 5) is 24.1. The van der Waals surface area contributed by atoms with Crippen molar-refractivity contribution in [2.24, 2.45) is 0 Å². The van der Waals surface area contributed by atoms with Crippen LogP contribution < -0.4 is 9.80 Å². The molecule has 2 aromatic rings. The number of hydrogen-bond donors (Lipinski definition) is 0. The number of nitrogens with zero attached hydrogens (tertiary/aromatic N) is 7. The molecule has 2 atom stereocenters. The monoisotopic (exact) mass is 357 g/mol. The van der Waals surface area contributed by atoms with Gasteiger partial charge in [0.15, 0.2) is 0 Å². The maximum atomic E-state index is 5.65. The van der Waals surface area contributed by atoms with Gasteiger partial charge in [0.2, 0.25) is 5.95 Å². The summed E-state index contributed by atoms with van der Waals surface area (Å²) in [6.45, 7) is 2.51. The zero-order chi connectivity index (χ0) is 18.5. The lowest BCUT2D eigenvalue weighted by atomic mass is 10.2. The van der Waals surface area contributed by atoms with Gasteiger partial charge in [0.25, 0.3) is 0 Å². The van der Waals surface area contributed by atoms with Gasteiger partial charge in [-0.2, -0.15) is 4.98 Å². The zero-order valence-corrected chi connectivity index (χ0v) is 15.9. The van der Waals surface area contributed by atoms with Crippen LogP contribution >= 0.6 is 0 Å². The largest absolute Gasteiger partial charge is 0.378 e. The molecule has 1 aliphatic heterocycles. The molecule has 8 heteroatoms. The summed E-state index contributed by atoms with van der Waals surface area (Å²) in [5.41, 5.74) is 0.965. The highest BCUT2D eigenvalue weighted by Crippen LogP contribution is 2.23. The highest BCUT2D eigenvalue weighted by Gasteiger charge is 2.35. The molecule has 2 aromatic heterocycles. The Kier molecular flexibility index (Phi) is 5.95. The molecule has 3 rings (SSSR count). The van der Waals surface area contributed by atoms with Gasteiger partial charge in [-0.1, -0.05) is 0 Å². The van der Waals surface area contributed by atoms with Crippen molar-refractivity contribution in [3.63, 3.8) is 0 Å². The van der Waals surface area contributed by atoms with Gasteiger partial charge in [-0.15, -0.1) is 0 Å². The van der Waals surface area contributed by atoms with Crippen LogP contribution in [0.3, 0.4) is 0 Å². The van der Waals surface area contributed by atoms with Crippen LogP contribution in [0.15, 0.2) is 30.9 Å². The van der Waals surface area contributed by atoms with Gasteiger partial charge in [0.05, 0.1) is 17.8 Å². The van der Waals surface area contributed by atoms with Crippen LogP contribution in [0.25, 0.3) is 0 Å². The van der Waals surface area contributed by atoms with Gasteiger partial charge in [-0.3, -0.25) is 9.97 Å². The number of rotatable bonds is 7. The first-order valence-electron chi connectivity index (χ1n) is 8.81. The first-order valence-corrected chi connectivity index (χ1v) is 8.81. The second-order valence-corrected chi connectivity index (χ2v) is 6.79. The van der Waals surface area contributed by atoms with Gasteiger partial charge < -0.3 is 19.4 Å². The summed E-state index contributed by atoms with van der Waals surface area (Å²) < 4.78 is 5.65. The van der Waals surface area contributed by atoms with Gasteiger partial charge in [-0.25, -0.2) is 4.98 Å². The summed E-state index contributed by atoms with van der Waals surface area (Å²) in [5, 5.41) is 0. The first kappa shape index (κ1) is 18.5. The van der Waals surface area contributed by atoms with Crippen LogP contribution in [0, 0.1) is 0 Å². The zero-order valence-electron chi connectivity index (χ0n) is 15.9. The van der Waals surface area contributed by atoms with E-state index in [0.29, 0.717) is 12.0 Å². The molecule has 1 aliphatic rings. The molecule has 0 saturated carbocycles. The molecule has 26 heavy (non-hydrogen) atoms. The Morgan fingerprint density at radius 3 is 2.65 bits per heavy atom. The Morgan fingerprint density at radius 2 is 2.00 bits per heavy atom. The van der Waals surface area contributed by atoms with E-state index in [0.717, 1.165) is 37.6 Å². The van der Waals surface area contributed by atoms with Gasteiger partial charge in [-0.05, 0) is 20.2 Å². The van der Waals surface area contributed by atoms with Crippen molar-refractivity contribution in [2.75, 3.05) is 57.7 Å². The van der Waals surface area contributed by atoms with Crippen LogP contribution in [0.1, 0.15) is 5.69 Å². The lowest BCUT2D eigenvalue weighted by Crippen LogP contribution is -2.39. The molecule has 0 amide bonds. The number of anilines is 2. The second kappa shape index (κ2) is 8.37. The third-order valence-corrected chi connectivity index (χ3v) is 4.82. The molecular formula is C18H27N7O. The molecule has 0 bridgehead atoms. The van der Waals surface area contributed by atoms with E-state index in [-0.39, 0.29) is 6.10 Å². The van der Waals surface area contributed by atoms with E-state index in [9.17, 15) is 0 Å². The third-order valence-electron chi connectivity index (χ3n) is 4.82. The molecule has 0 spiro atoms. The van der Waals surface area contributed by atoms with E-state index in [1.807, 2.05) is 24.2 Å². The minimum atomic E-state index is 0.179. The molecule has 0 unspecified atom stereocenters. The number of likely N-dealkylation sites (N-methyl/N-ethyl adjacent to an activating group) is 2. The van der Waals surface area contributed by atoms with Crippen molar-refractivity contribution < 1.29 is 4.74 Å². The van der Waals surface area contributed by atoms with Crippen molar-refractivity contribution in [1.82, 2.24) is 24.8 Å². The van der Waals surface area contributed by atoms with Crippen LogP contribution in [0.2, 0.25) is 0 Å². The number of methoxy groups -OCH3 is 1. The topological polar surface area (TPSA) is 70.5 Å². The van der Waals surface area contributed by atoms with E-state index >= 15 is 0 Å². The second-order valence-electron chi connectivity index (χ2n) is 6.79. The minimum absolute atomic E-state index is 0.179. The molecule has 0 aliphatic carbocycles. The maximum absolute atomic E-state index is 5.65. The highest BCUT2D eigenvalue weighted by atomic mass is 16.5. The lowest BCUT2D eigenvalue weighted by molar-refractivity contribution is 0.0639. The number of aromatic nitrogens is 4. The molecule has 1 saturated heterocycles. The molecule has 0 radical (unpaired) electrons. The number of ether oxygens (including phenoxy) is 1. The molecular weight excluding hydrogens is 330 g/mol. The predicted molar refractivity (Wildman–Crippen MR) is 102 cm³/mol. The molecule has 140 valence electrons. The molecule has 1 fully saturated rings. The molecule has 0 aromatic carbocycles. The predicted octanol–water partition coefficient (Wildman–Crippen LogP) is 0.711. The van der Waals surface area contributed by atoms with Gasteiger partial charge in [0.1, 0.15) is 5.82 Å². The normalized spacial score (nSPS) is 20.0. The smallest absolute Gasteiger partial charge is 0.227 e. The fourth-order valence-electron chi connectivity index (χ4n) is 3.21. The van der Waals surface area contributed by atoms with Crippen LogP contribution in [0.5, 0.6) is 0 Å². The van der Waals surface area contributed by atoms with Crippen molar-refractivity contribution in [3.05, 3.63) is 36.5 Å². The van der Waals surface area contributed by atoms with Gasteiger partial charge in [0, 0.05) is 65.0 Å². The summed E-state index contributed by atoms with van der Waals surface area (Å²) in [6, 6.07) is 2.32. The van der Waals surface area contributed by atoms with E-state index < -0.39 is 0 Å². The average Bonchev–Trinajstić information content (AvgIpc) is 3.12. The lowest BCUT2D eigenvalue weighted by Gasteiger charge is -2.23. The Labute approximate surface area is 154 Å². The summed E-state index contributed by atoms with van der Waals surface area (Å²) >= 11 is 0. The van der Waals surface area contributed by atoms with Crippen LogP contribution in [0.4, 0.5) is 11.8 Å². The van der Waals surface area contributed by atoms with Crippen molar-refractivity contribution >= 4 is 11.8 Å². The first-order chi connectivity index (χ1) is 12.6. The fourth-order valence-corrected chi connectivity index (χ4v) is 3.21. The van der Waals surface area contributed by atoms with Gasteiger partial charge >= 0.3 is 0 Å². The Balaban J connectivity index is 1.66. The highest BCUT2D eigenvalue weighted by molar-refractivity contribution is 5.45. The fraction of sp³-hybridized carbons (Fsp3) is 0.556. The van der Waals surface area contributed by atoms with Crippen molar-refractivity contribution in [3.8, 4) is 0 Å².